The Labute approximate surface area is 132 Å². The van der Waals surface area contributed by atoms with E-state index in [1.807, 2.05) is 0 Å². The summed E-state index contributed by atoms with van der Waals surface area (Å²) in [7, 11) is 0. The van der Waals surface area contributed by atoms with Crippen LogP contribution in [-0.4, -0.2) is 26.5 Å². The fourth-order valence-electron chi connectivity index (χ4n) is 1.93. The predicted molar refractivity (Wildman–Crippen MR) is 81.7 cm³/mol. The van der Waals surface area contributed by atoms with E-state index in [-0.39, 0.29) is 10.0 Å². The topological polar surface area (TPSA) is 83.6 Å². The van der Waals surface area contributed by atoms with Crippen molar-refractivity contribution in [3.8, 4) is 11.4 Å². The van der Waals surface area contributed by atoms with Crippen LogP contribution >= 0.6 is 15.9 Å². The van der Waals surface area contributed by atoms with Crippen LogP contribution in [-0.2, 0) is 0 Å². The third-order valence-corrected chi connectivity index (χ3v) is 3.76. The van der Waals surface area contributed by atoms with Gasteiger partial charge in [-0.25, -0.2) is 4.39 Å². The molecule has 0 saturated heterocycles. The number of nitrogens with one attached hydrogen (secondary N) is 2. The molecule has 0 aliphatic carbocycles. The highest BCUT2D eigenvalue weighted by Gasteiger charge is 2.16. The lowest BCUT2D eigenvalue weighted by Gasteiger charge is -2.10. The number of amides is 1. The third-order valence-electron chi connectivity index (χ3n) is 2.96. The Morgan fingerprint density at radius 1 is 1.18 bits per heavy atom. The molecule has 110 valence electrons. The minimum absolute atomic E-state index is 0.115. The minimum atomic E-state index is -0.501. The lowest BCUT2D eigenvalue weighted by atomic mass is 10.1. The van der Waals surface area contributed by atoms with Crippen molar-refractivity contribution < 1.29 is 9.18 Å². The average molecular weight is 362 g/mol. The Hall–Kier alpha value is -2.61. The summed E-state index contributed by atoms with van der Waals surface area (Å²) in [4.78, 5) is 12.3. The minimum Gasteiger partial charge on any atom is -0.321 e. The zero-order valence-electron chi connectivity index (χ0n) is 11.0. The third kappa shape index (κ3) is 2.73. The van der Waals surface area contributed by atoms with Crippen molar-refractivity contribution in [3.63, 3.8) is 0 Å². The molecule has 0 unspecified atom stereocenters. The molecule has 3 aromatic rings. The second-order valence-electron chi connectivity index (χ2n) is 4.34. The van der Waals surface area contributed by atoms with E-state index >= 15 is 0 Å². The van der Waals surface area contributed by atoms with Crippen molar-refractivity contribution in [3.05, 3.63) is 58.3 Å². The van der Waals surface area contributed by atoms with E-state index in [1.54, 1.807) is 24.3 Å². The number of hydrogen-bond donors (Lipinski definition) is 2. The Kier molecular flexibility index (Phi) is 3.92. The number of tetrazole rings is 1. The van der Waals surface area contributed by atoms with Gasteiger partial charge in [0.05, 0.1) is 15.7 Å². The van der Waals surface area contributed by atoms with Crippen LogP contribution in [0.4, 0.5) is 10.1 Å². The van der Waals surface area contributed by atoms with Gasteiger partial charge in [0, 0.05) is 5.56 Å². The van der Waals surface area contributed by atoms with Crippen LogP contribution in [0.2, 0.25) is 0 Å². The monoisotopic (exact) mass is 361 g/mol. The summed E-state index contributed by atoms with van der Waals surface area (Å²) >= 11 is 3.08. The highest BCUT2D eigenvalue weighted by atomic mass is 79.9. The number of carbonyl (C=O) groups excluding carboxylic acids is 1. The molecule has 8 heteroatoms. The summed E-state index contributed by atoms with van der Waals surface area (Å²) in [6, 6.07) is 11.3. The number of anilines is 1. The molecule has 0 aliphatic heterocycles. The molecule has 0 saturated carbocycles. The Balaban J connectivity index is 1.94. The van der Waals surface area contributed by atoms with Crippen molar-refractivity contribution in [2.75, 3.05) is 5.32 Å². The molecule has 6 nitrogen and oxygen atoms in total. The number of H-pyrrole nitrogens is 1. The maximum Gasteiger partial charge on any atom is 0.256 e. The molecule has 1 amide bonds. The highest BCUT2D eigenvalue weighted by molar-refractivity contribution is 9.10. The van der Waals surface area contributed by atoms with Gasteiger partial charge in [0.2, 0.25) is 5.82 Å². The van der Waals surface area contributed by atoms with Crippen LogP contribution in [0.5, 0.6) is 0 Å². The summed E-state index contributed by atoms with van der Waals surface area (Å²) in [5.74, 6) is -0.587. The first-order valence-electron chi connectivity index (χ1n) is 6.25. The molecule has 0 fully saturated rings. The zero-order chi connectivity index (χ0) is 15.5. The smallest absolute Gasteiger partial charge is 0.256 e. The van der Waals surface area contributed by atoms with Gasteiger partial charge in [0.15, 0.2) is 0 Å². The number of para-hydroxylation sites is 1. The van der Waals surface area contributed by atoms with Crippen molar-refractivity contribution in [1.82, 2.24) is 20.6 Å². The summed E-state index contributed by atoms with van der Waals surface area (Å²) in [6.45, 7) is 0. The van der Waals surface area contributed by atoms with Crippen LogP contribution in [0.3, 0.4) is 0 Å². The summed E-state index contributed by atoms with van der Waals surface area (Å²) in [5.41, 5.74) is 1.31. The van der Waals surface area contributed by atoms with Gasteiger partial charge in [0.1, 0.15) is 5.82 Å². The maximum atomic E-state index is 13.5. The zero-order valence-corrected chi connectivity index (χ0v) is 12.6. The number of benzene rings is 2. The van der Waals surface area contributed by atoms with Gasteiger partial charge in [0.25, 0.3) is 5.91 Å². The number of rotatable bonds is 3. The van der Waals surface area contributed by atoms with Crippen LogP contribution in [0.25, 0.3) is 11.4 Å². The van der Waals surface area contributed by atoms with Crippen LogP contribution in [0.15, 0.2) is 46.9 Å². The second-order valence-corrected chi connectivity index (χ2v) is 5.13. The molecule has 1 heterocycles. The van der Waals surface area contributed by atoms with Crippen molar-refractivity contribution >= 4 is 27.5 Å². The largest absolute Gasteiger partial charge is 0.321 e. The number of carbonyl (C=O) groups is 1. The number of aromatic amines is 1. The van der Waals surface area contributed by atoms with E-state index in [9.17, 15) is 9.18 Å². The number of nitrogens with zero attached hydrogens (tertiary/aromatic N) is 3. The Bertz CT molecular complexity index is 822. The summed E-state index contributed by atoms with van der Waals surface area (Å²) in [6.07, 6.45) is 0. The van der Waals surface area contributed by atoms with Gasteiger partial charge < -0.3 is 5.32 Å². The fraction of sp³-hybridized carbons (Fsp3) is 0. The quantitative estimate of drug-likeness (QED) is 0.750. The predicted octanol–water partition coefficient (Wildman–Crippen LogP) is 3.02. The summed E-state index contributed by atoms with van der Waals surface area (Å²) < 4.78 is 13.6. The van der Waals surface area contributed by atoms with Crippen molar-refractivity contribution in [1.29, 1.82) is 0 Å². The Morgan fingerprint density at radius 2 is 2.00 bits per heavy atom. The van der Waals surface area contributed by atoms with Gasteiger partial charge in [-0.2, -0.15) is 5.21 Å². The molecule has 0 aliphatic rings. The molecule has 0 radical (unpaired) electrons. The van der Waals surface area contributed by atoms with E-state index in [2.05, 4.69) is 41.9 Å². The lowest BCUT2D eigenvalue weighted by Crippen LogP contribution is -2.14. The molecule has 0 spiro atoms. The Morgan fingerprint density at radius 3 is 2.77 bits per heavy atom. The normalized spacial score (nSPS) is 10.5. The lowest BCUT2D eigenvalue weighted by molar-refractivity contribution is 0.102. The molecule has 0 bridgehead atoms. The molecular weight excluding hydrogens is 353 g/mol. The highest BCUT2D eigenvalue weighted by Crippen LogP contribution is 2.26. The van der Waals surface area contributed by atoms with Crippen molar-refractivity contribution in [2.45, 2.75) is 0 Å². The van der Waals surface area contributed by atoms with E-state index < -0.39 is 11.7 Å². The van der Waals surface area contributed by atoms with Gasteiger partial charge in [-0.15, -0.1) is 10.2 Å². The second kappa shape index (κ2) is 6.02. The molecule has 2 N–H and O–H groups in total. The summed E-state index contributed by atoms with van der Waals surface area (Å²) in [5, 5.41) is 16.4. The van der Waals surface area contributed by atoms with Crippen LogP contribution in [0, 0.1) is 5.82 Å². The maximum absolute atomic E-state index is 13.5. The first-order chi connectivity index (χ1) is 10.7. The van der Waals surface area contributed by atoms with Crippen LogP contribution < -0.4 is 5.32 Å². The first-order valence-corrected chi connectivity index (χ1v) is 7.04. The molecule has 0 atom stereocenters. The van der Waals surface area contributed by atoms with E-state index in [0.29, 0.717) is 17.1 Å². The number of halogens is 2. The van der Waals surface area contributed by atoms with Gasteiger partial charge in [-0.3, -0.25) is 4.79 Å². The van der Waals surface area contributed by atoms with E-state index in [1.165, 1.54) is 18.2 Å². The molecule has 2 aromatic carbocycles. The molecule has 22 heavy (non-hydrogen) atoms. The van der Waals surface area contributed by atoms with E-state index in [0.717, 1.165) is 0 Å². The van der Waals surface area contributed by atoms with Gasteiger partial charge in [-0.1, -0.05) is 18.2 Å². The van der Waals surface area contributed by atoms with Crippen molar-refractivity contribution in [2.24, 2.45) is 0 Å². The molecular formula is C14H9BrFN5O. The average Bonchev–Trinajstić information content (AvgIpc) is 3.04. The number of aromatic nitrogens is 4. The SMILES string of the molecule is O=C(Nc1ccccc1-c1nn[nH]n1)c1cccc(F)c1Br. The fourth-order valence-corrected chi connectivity index (χ4v) is 2.38. The standard InChI is InChI=1S/C14H9BrFN5O/c15-12-9(5-3-6-10(12)16)14(22)17-11-7-2-1-4-8(11)13-18-20-21-19-13/h1-7H,(H,17,22)(H,18,19,20,21). The van der Waals surface area contributed by atoms with Crippen LogP contribution in [0.1, 0.15) is 10.4 Å². The van der Waals surface area contributed by atoms with E-state index in [4.69, 9.17) is 0 Å². The first kappa shape index (κ1) is 14.3. The van der Waals surface area contributed by atoms with Gasteiger partial charge in [-0.05, 0) is 45.4 Å². The molecule has 3 rings (SSSR count). The molecule has 1 aromatic heterocycles. The van der Waals surface area contributed by atoms with Gasteiger partial charge >= 0.3 is 0 Å². The number of hydrogen-bond acceptors (Lipinski definition) is 4.